The maximum atomic E-state index is 12.9. The topological polar surface area (TPSA) is 62.2 Å². The second kappa shape index (κ2) is 8.01. The normalized spacial score (nSPS) is 20.9. The van der Waals surface area contributed by atoms with Crippen molar-refractivity contribution in [1.82, 2.24) is 25.5 Å². The molecule has 0 spiro atoms. The quantitative estimate of drug-likeness (QED) is 0.835. The monoisotopic (exact) mass is 355 g/mol. The van der Waals surface area contributed by atoms with E-state index in [2.05, 4.69) is 54.1 Å². The highest BCUT2D eigenvalue weighted by Gasteiger charge is 2.33. The lowest BCUT2D eigenvalue weighted by Crippen LogP contribution is -2.48. The molecule has 0 aliphatic carbocycles. The maximum Gasteiger partial charge on any atom is 0.272 e. The van der Waals surface area contributed by atoms with Crippen LogP contribution in [0, 0.1) is 0 Å². The van der Waals surface area contributed by atoms with Crippen LogP contribution in [0.1, 0.15) is 54.5 Å². The number of hydrogen-bond acceptors (Lipinski definition) is 4. The van der Waals surface area contributed by atoms with Gasteiger partial charge in [0, 0.05) is 32.2 Å². The van der Waals surface area contributed by atoms with E-state index in [0.29, 0.717) is 5.69 Å². The summed E-state index contributed by atoms with van der Waals surface area (Å²) in [6.07, 6.45) is 2.86. The van der Waals surface area contributed by atoms with E-state index in [1.807, 2.05) is 31.1 Å². The van der Waals surface area contributed by atoms with Crippen LogP contribution in [0.4, 0.5) is 0 Å². The maximum absolute atomic E-state index is 12.9. The van der Waals surface area contributed by atoms with E-state index in [4.69, 9.17) is 0 Å². The second-order valence-electron chi connectivity index (χ2n) is 7.15. The van der Waals surface area contributed by atoms with E-state index in [0.717, 1.165) is 25.0 Å². The molecule has 1 amide bonds. The highest BCUT2D eigenvalue weighted by molar-refractivity contribution is 5.92. The average Bonchev–Trinajstić information content (AvgIpc) is 3.28. The minimum Gasteiger partial charge on any atom is -0.336 e. The van der Waals surface area contributed by atoms with Crippen LogP contribution in [-0.4, -0.2) is 39.7 Å². The Kier molecular flexibility index (Phi) is 5.74. The van der Waals surface area contributed by atoms with Crippen LogP contribution in [-0.2, 0) is 13.5 Å². The van der Waals surface area contributed by atoms with Crippen molar-refractivity contribution in [2.45, 2.75) is 51.2 Å². The predicted molar refractivity (Wildman–Crippen MR) is 103 cm³/mol. The van der Waals surface area contributed by atoms with Crippen molar-refractivity contribution in [2.24, 2.45) is 7.05 Å². The summed E-state index contributed by atoms with van der Waals surface area (Å²) in [5.41, 5.74) is 9.62. The van der Waals surface area contributed by atoms with Crippen molar-refractivity contribution >= 4 is 5.91 Å². The molecule has 26 heavy (non-hydrogen) atoms. The summed E-state index contributed by atoms with van der Waals surface area (Å²) in [5.74, 6) is 0.0137. The van der Waals surface area contributed by atoms with Gasteiger partial charge in [-0.25, -0.2) is 5.43 Å². The third-order valence-corrected chi connectivity index (χ3v) is 5.30. The Bertz CT molecular complexity index is 742. The Morgan fingerprint density at radius 1 is 1.35 bits per heavy atom. The van der Waals surface area contributed by atoms with Gasteiger partial charge in [0.15, 0.2) is 0 Å². The zero-order chi connectivity index (χ0) is 18.7. The number of amides is 1. The van der Waals surface area contributed by atoms with Gasteiger partial charge in [0.1, 0.15) is 5.69 Å². The molecule has 1 aromatic heterocycles. The second-order valence-corrected chi connectivity index (χ2v) is 7.15. The van der Waals surface area contributed by atoms with Crippen LogP contribution < -0.4 is 10.9 Å². The number of carbonyl (C=O) groups excluding carboxylic acids is 1. The summed E-state index contributed by atoms with van der Waals surface area (Å²) < 4.78 is 1.70. The summed E-state index contributed by atoms with van der Waals surface area (Å²) in [5, 5.41) is 4.45. The molecule has 1 aliphatic rings. The Morgan fingerprint density at radius 3 is 2.77 bits per heavy atom. The third-order valence-electron chi connectivity index (χ3n) is 5.30. The molecular weight excluding hydrogens is 326 g/mol. The zero-order valence-corrected chi connectivity index (χ0v) is 16.1. The van der Waals surface area contributed by atoms with Gasteiger partial charge in [0.2, 0.25) is 0 Å². The molecule has 0 bridgehead atoms. The van der Waals surface area contributed by atoms with Gasteiger partial charge in [-0.2, -0.15) is 5.10 Å². The van der Waals surface area contributed by atoms with Crippen LogP contribution in [0.3, 0.4) is 0 Å². The fourth-order valence-corrected chi connectivity index (χ4v) is 3.54. The summed E-state index contributed by atoms with van der Waals surface area (Å²) in [6.45, 7) is 4.21. The first-order valence-electron chi connectivity index (χ1n) is 9.37. The molecule has 1 aliphatic heterocycles. The third kappa shape index (κ3) is 3.81. The summed E-state index contributed by atoms with van der Waals surface area (Å²) in [7, 11) is 3.71. The van der Waals surface area contributed by atoms with Crippen molar-refractivity contribution in [3.63, 3.8) is 0 Å². The van der Waals surface area contributed by atoms with Crippen molar-refractivity contribution < 1.29 is 4.79 Å². The summed E-state index contributed by atoms with van der Waals surface area (Å²) >= 11 is 0. The molecule has 2 N–H and O–H groups in total. The number of aromatic nitrogens is 2. The Balaban J connectivity index is 1.66. The molecular formula is C20H29N5O. The van der Waals surface area contributed by atoms with Crippen molar-refractivity contribution in [3.8, 4) is 0 Å². The lowest BCUT2D eigenvalue weighted by Gasteiger charge is -2.29. The van der Waals surface area contributed by atoms with E-state index in [1.54, 1.807) is 4.68 Å². The molecule has 1 fully saturated rings. The van der Waals surface area contributed by atoms with Crippen LogP contribution >= 0.6 is 0 Å². The SMILES string of the molecule is CCCc1cc(C(=O)N(C)C(C)C2CC(c3ccccc3)NN2)n(C)n1. The molecule has 0 radical (unpaired) electrons. The number of hydrazine groups is 1. The van der Waals surface area contributed by atoms with Crippen LogP contribution in [0.2, 0.25) is 0 Å². The van der Waals surface area contributed by atoms with Gasteiger partial charge >= 0.3 is 0 Å². The minimum atomic E-state index is 0.0137. The largest absolute Gasteiger partial charge is 0.336 e. The molecule has 2 aromatic rings. The first kappa shape index (κ1) is 18.6. The van der Waals surface area contributed by atoms with E-state index < -0.39 is 0 Å². The van der Waals surface area contributed by atoms with Gasteiger partial charge in [-0.15, -0.1) is 0 Å². The number of nitrogens with one attached hydrogen (secondary N) is 2. The van der Waals surface area contributed by atoms with Crippen LogP contribution in [0.25, 0.3) is 0 Å². The average molecular weight is 355 g/mol. The fraction of sp³-hybridized carbons (Fsp3) is 0.500. The smallest absolute Gasteiger partial charge is 0.272 e. The van der Waals surface area contributed by atoms with Crippen LogP contribution in [0.5, 0.6) is 0 Å². The fourth-order valence-electron chi connectivity index (χ4n) is 3.54. The van der Waals surface area contributed by atoms with Gasteiger partial charge in [-0.3, -0.25) is 14.9 Å². The number of hydrogen-bond donors (Lipinski definition) is 2. The first-order valence-corrected chi connectivity index (χ1v) is 9.37. The van der Waals surface area contributed by atoms with Gasteiger partial charge in [-0.1, -0.05) is 43.7 Å². The van der Waals surface area contributed by atoms with Crippen LogP contribution in [0.15, 0.2) is 36.4 Å². The number of aryl methyl sites for hydroxylation is 2. The number of likely N-dealkylation sites (N-methyl/N-ethyl adjacent to an activating group) is 1. The van der Waals surface area contributed by atoms with Gasteiger partial charge in [0.25, 0.3) is 5.91 Å². The Hall–Kier alpha value is -2.18. The highest BCUT2D eigenvalue weighted by Crippen LogP contribution is 2.25. The van der Waals surface area contributed by atoms with Gasteiger partial charge in [-0.05, 0) is 31.4 Å². The van der Waals surface area contributed by atoms with Gasteiger partial charge in [0.05, 0.1) is 5.69 Å². The van der Waals surface area contributed by atoms with Crippen molar-refractivity contribution in [1.29, 1.82) is 0 Å². The lowest BCUT2D eigenvalue weighted by atomic mass is 9.98. The highest BCUT2D eigenvalue weighted by atomic mass is 16.2. The number of carbonyl (C=O) groups is 1. The number of benzene rings is 1. The molecule has 1 saturated heterocycles. The number of rotatable bonds is 6. The van der Waals surface area contributed by atoms with E-state index in [1.165, 1.54) is 5.56 Å². The molecule has 6 nitrogen and oxygen atoms in total. The molecule has 3 rings (SSSR count). The van der Waals surface area contributed by atoms with E-state index in [9.17, 15) is 4.79 Å². The van der Waals surface area contributed by atoms with Gasteiger partial charge < -0.3 is 4.90 Å². The molecule has 3 unspecified atom stereocenters. The first-order chi connectivity index (χ1) is 12.5. The molecule has 0 saturated carbocycles. The predicted octanol–water partition coefficient (Wildman–Crippen LogP) is 2.44. The van der Waals surface area contributed by atoms with Crippen molar-refractivity contribution in [2.75, 3.05) is 7.05 Å². The standard InChI is InChI=1S/C20H29N5O/c1-5-9-16-12-19(25(4)23-16)20(26)24(3)14(2)17-13-18(22-21-17)15-10-7-6-8-11-15/h6-8,10-12,14,17-18,21-22H,5,9,13H2,1-4H3. The summed E-state index contributed by atoms with van der Waals surface area (Å²) in [4.78, 5) is 14.8. The number of nitrogens with zero attached hydrogens (tertiary/aromatic N) is 3. The molecule has 6 heteroatoms. The zero-order valence-electron chi connectivity index (χ0n) is 16.1. The van der Waals surface area contributed by atoms with E-state index >= 15 is 0 Å². The molecule has 2 heterocycles. The van der Waals surface area contributed by atoms with E-state index in [-0.39, 0.29) is 24.0 Å². The molecule has 1 aromatic carbocycles. The lowest BCUT2D eigenvalue weighted by molar-refractivity contribution is 0.0704. The minimum absolute atomic E-state index is 0.0137. The Morgan fingerprint density at radius 2 is 2.08 bits per heavy atom. The summed E-state index contributed by atoms with van der Waals surface area (Å²) in [6, 6.07) is 12.8. The Labute approximate surface area is 155 Å². The molecule has 140 valence electrons. The van der Waals surface area contributed by atoms with Crippen molar-refractivity contribution in [3.05, 3.63) is 53.3 Å². The molecule has 3 atom stereocenters.